The van der Waals surface area contributed by atoms with E-state index in [0.29, 0.717) is 11.8 Å². The van der Waals surface area contributed by atoms with Crippen LogP contribution in [0.1, 0.15) is 62.8 Å². The SMILES string of the molecule is O=C(COc1ccc(Cl)cc1C1CCCCC1)NCC1CCN(C2CC2)C1. The van der Waals surface area contributed by atoms with E-state index in [9.17, 15) is 4.79 Å². The first-order chi connectivity index (χ1) is 13.2. The monoisotopic (exact) mass is 390 g/mol. The van der Waals surface area contributed by atoms with Gasteiger partial charge in [-0.05, 0) is 74.2 Å². The van der Waals surface area contributed by atoms with E-state index < -0.39 is 0 Å². The van der Waals surface area contributed by atoms with Crippen molar-refractivity contribution in [1.29, 1.82) is 0 Å². The van der Waals surface area contributed by atoms with Crippen LogP contribution in [0.15, 0.2) is 18.2 Å². The van der Waals surface area contributed by atoms with Gasteiger partial charge in [-0.25, -0.2) is 0 Å². The van der Waals surface area contributed by atoms with Crippen LogP contribution in [0.4, 0.5) is 0 Å². The number of carbonyl (C=O) groups is 1. The maximum Gasteiger partial charge on any atom is 0.257 e. The fraction of sp³-hybridized carbons (Fsp3) is 0.682. The lowest BCUT2D eigenvalue weighted by Crippen LogP contribution is -2.34. The predicted octanol–water partition coefficient (Wildman–Crippen LogP) is 4.37. The molecule has 1 amide bonds. The Morgan fingerprint density at radius 2 is 1.96 bits per heavy atom. The minimum atomic E-state index is -0.0237. The van der Waals surface area contributed by atoms with Crippen LogP contribution >= 0.6 is 11.6 Å². The highest BCUT2D eigenvalue weighted by molar-refractivity contribution is 6.30. The topological polar surface area (TPSA) is 41.6 Å². The van der Waals surface area contributed by atoms with Gasteiger partial charge in [-0.1, -0.05) is 30.9 Å². The number of benzene rings is 1. The van der Waals surface area contributed by atoms with Gasteiger partial charge in [0.15, 0.2) is 6.61 Å². The Balaban J connectivity index is 1.26. The summed E-state index contributed by atoms with van der Waals surface area (Å²) in [6, 6.07) is 6.63. The normalized spacial score (nSPS) is 24.1. The van der Waals surface area contributed by atoms with Crippen molar-refractivity contribution in [3.63, 3.8) is 0 Å². The van der Waals surface area contributed by atoms with E-state index in [1.807, 2.05) is 18.2 Å². The molecule has 1 N–H and O–H groups in total. The molecule has 4 rings (SSSR count). The third kappa shape index (κ3) is 5.17. The minimum Gasteiger partial charge on any atom is -0.483 e. The fourth-order valence-electron chi connectivity index (χ4n) is 4.64. The van der Waals surface area contributed by atoms with Gasteiger partial charge in [-0.2, -0.15) is 0 Å². The first-order valence-corrected chi connectivity index (χ1v) is 11.0. The van der Waals surface area contributed by atoms with E-state index in [2.05, 4.69) is 10.2 Å². The fourth-order valence-corrected chi connectivity index (χ4v) is 4.82. The molecule has 0 aromatic heterocycles. The number of rotatable bonds is 7. The Bertz CT molecular complexity index is 656. The molecule has 5 heteroatoms. The van der Waals surface area contributed by atoms with Crippen LogP contribution in [0.3, 0.4) is 0 Å². The highest BCUT2D eigenvalue weighted by Crippen LogP contribution is 2.38. The number of hydrogen-bond acceptors (Lipinski definition) is 3. The van der Waals surface area contributed by atoms with Gasteiger partial charge in [0, 0.05) is 24.2 Å². The van der Waals surface area contributed by atoms with Crippen molar-refractivity contribution >= 4 is 17.5 Å². The molecule has 1 heterocycles. The standard InChI is InChI=1S/C22H31ClN2O2/c23-18-6-9-21(20(12-18)17-4-2-1-3-5-17)27-15-22(26)24-13-16-10-11-25(14-16)19-7-8-19/h6,9,12,16-17,19H,1-5,7-8,10-11,13-15H2,(H,24,26). The van der Waals surface area contributed by atoms with Crippen molar-refractivity contribution in [3.8, 4) is 5.75 Å². The third-order valence-corrected chi connectivity index (χ3v) is 6.58. The number of hydrogen-bond donors (Lipinski definition) is 1. The number of likely N-dealkylation sites (tertiary alicyclic amines) is 1. The van der Waals surface area contributed by atoms with Crippen LogP contribution in [0.2, 0.25) is 5.02 Å². The summed E-state index contributed by atoms with van der Waals surface area (Å²) < 4.78 is 5.91. The molecular formula is C22H31ClN2O2. The van der Waals surface area contributed by atoms with Crippen molar-refractivity contribution < 1.29 is 9.53 Å². The molecule has 1 unspecified atom stereocenters. The van der Waals surface area contributed by atoms with Gasteiger partial charge < -0.3 is 15.0 Å². The molecule has 1 atom stereocenters. The number of ether oxygens (including phenoxy) is 1. The van der Waals surface area contributed by atoms with Gasteiger partial charge in [0.2, 0.25) is 0 Å². The molecule has 0 spiro atoms. The van der Waals surface area contributed by atoms with Gasteiger partial charge in [0.25, 0.3) is 5.91 Å². The summed E-state index contributed by atoms with van der Waals surface area (Å²) in [7, 11) is 0. The Hall–Kier alpha value is -1.26. The molecule has 0 radical (unpaired) electrons. The summed E-state index contributed by atoms with van der Waals surface area (Å²) in [6.07, 6.45) is 10.1. The van der Waals surface area contributed by atoms with Crippen LogP contribution < -0.4 is 10.1 Å². The Kier molecular flexibility index (Phi) is 6.24. The molecule has 1 aliphatic heterocycles. The molecule has 148 valence electrons. The zero-order chi connectivity index (χ0) is 18.6. The highest BCUT2D eigenvalue weighted by Gasteiger charge is 2.34. The molecule has 2 saturated carbocycles. The van der Waals surface area contributed by atoms with Gasteiger partial charge in [0.05, 0.1) is 0 Å². The molecule has 1 aromatic carbocycles. The van der Waals surface area contributed by atoms with E-state index in [-0.39, 0.29) is 12.5 Å². The number of carbonyl (C=O) groups excluding carboxylic acids is 1. The second-order valence-electron chi connectivity index (χ2n) is 8.49. The van der Waals surface area contributed by atoms with E-state index in [0.717, 1.165) is 29.9 Å². The summed E-state index contributed by atoms with van der Waals surface area (Å²) in [5, 5.41) is 3.81. The molecule has 4 nitrogen and oxygen atoms in total. The van der Waals surface area contributed by atoms with E-state index in [1.165, 1.54) is 63.5 Å². The lowest BCUT2D eigenvalue weighted by Gasteiger charge is -2.24. The minimum absolute atomic E-state index is 0.0237. The molecule has 3 fully saturated rings. The lowest BCUT2D eigenvalue weighted by molar-refractivity contribution is -0.123. The van der Waals surface area contributed by atoms with Crippen molar-refractivity contribution in [2.45, 2.75) is 63.3 Å². The largest absolute Gasteiger partial charge is 0.483 e. The van der Waals surface area contributed by atoms with Gasteiger partial charge in [-0.15, -0.1) is 0 Å². The molecule has 2 aliphatic carbocycles. The van der Waals surface area contributed by atoms with Gasteiger partial charge >= 0.3 is 0 Å². The second kappa shape index (κ2) is 8.83. The second-order valence-corrected chi connectivity index (χ2v) is 8.93. The van der Waals surface area contributed by atoms with E-state index in [4.69, 9.17) is 16.3 Å². The molecule has 0 bridgehead atoms. The highest BCUT2D eigenvalue weighted by atomic mass is 35.5. The molecule has 1 aromatic rings. The predicted molar refractivity (Wildman–Crippen MR) is 108 cm³/mol. The molecule has 27 heavy (non-hydrogen) atoms. The summed E-state index contributed by atoms with van der Waals surface area (Å²) in [4.78, 5) is 14.9. The first-order valence-electron chi connectivity index (χ1n) is 10.6. The van der Waals surface area contributed by atoms with E-state index >= 15 is 0 Å². The van der Waals surface area contributed by atoms with Gasteiger partial charge in [-0.3, -0.25) is 4.79 Å². The zero-order valence-corrected chi connectivity index (χ0v) is 16.8. The summed E-state index contributed by atoms with van der Waals surface area (Å²) in [5.41, 5.74) is 1.17. The van der Waals surface area contributed by atoms with Crippen molar-refractivity contribution in [3.05, 3.63) is 28.8 Å². The quantitative estimate of drug-likeness (QED) is 0.751. The zero-order valence-electron chi connectivity index (χ0n) is 16.1. The molecule has 1 saturated heterocycles. The van der Waals surface area contributed by atoms with Crippen LogP contribution in [0.25, 0.3) is 0 Å². The Labute approximate surface area is 167 Å². The number of amides is 1. The maximum atomic E-state index is 12.3. The average molecular weight is 391 g/mol. The number of nitrogens with one attached hydrogen (secondary N) is 1. The van der Waals surface area contributed by atoms with Crippen LogP contribution in [0, 0.1) is 5.92 Å². The molecule has 3 aliphatic rings. The van der Waals surface area contributed by atoms with Crippen molar-refractivity contribution in [1.82, 2.24) is 10.2 Å². The first kappa shape index (κ1) is 19.1. The van der Waals surface area contributed by atoms with Gasteiger partial charge in [0.1, 0.15) is 5.75 Å². The van der Waals surface area contributed by atoms with Crippen LogP contribution in [-0.2, 0) is 4.79 Å². The van der Waals surface area contributed by atoms with Crippen LogP contribution in [0.5, 0.6) is 5.75 Å². The van der Waals surface area contributed by atoms with Crippen molar-refractivity contribution in [2.24, 2.45) is 5.92 Å². The summed E-state index contributed by atoms with van der Waals surface area (Å²) in [5.74, 6) is 1.89. The molecular weight excluding hydrogens is 360 g/mol. The van der Waals surface area contributed by atoms with Crippen molar-refractivity contribution in [2.75, 3.05) is 26.2 Å². The summed E-state index contributed by atoms with van der Waals surface area (Å²) >= 11 is 6.22. The lowest BCUT2D eigenvalue weighted by atomic mass is 9.84. The smallest absolute Gasteiger partial charge is 0.257 e. The van der Waals surface area contributed by atoms with E-state index in [1.54, 1.807) is 0 Å². The van der Waals surface area contributed by atoms with Crippen LogP contribution in [-0.4, -0.2) is 43.1 Å². The maximum absolute atomic E-state index is 12.3. The Morgan fingerprint density at radius 1 is 1.15 bits per heavy atom. The Morgan fingerprint density at radius 3 is 2.74 bits per heavy atom. The summed E-state index contributed by atoms with van der Waals surface area (Å²) in [6.45, 7) is 3.17. The number of halogens is 1. The average Bonchev–Trinajstić information content (AvgIpc) is 3.44. The number of nitrogens with zero attached hydrogens (tertiary/aromatic N) is 1. The third-order valence-electron chi connectivity index (χ3n) is 6.34.